The van der Waals surface area contributed by atoms with Crippen molar-refractivity contribution in [3.05, 3.63) is 12.7 Å². The number of carbonyl (C=O) groups excluding carboxylic acids is 4. The number of nitrogens with two attached hydrogens (primary N) is 6. The smallest absolute Gasteiger partial charge is 0.320 e. The molecule has 5 heterocycles. The molecule has 0 bridgehead atoms. The summed E-state index contributed by atoms with van der Waals surface area (Å²) in [5.41, 5.74) is 34.5. The van der Waals surface area contributed by atoms with E-state index in [1.807, 2.05) is 4.90 Å². The summed E-state index contributed by atoms with van der Waals surface area (Å²) in [6.07, 6.45) is 3.04. The summed E-state index contributed by atoms with van der Waals surface area (Å²) in [5, 5.41) is 37.1. The van der Waals surface area contributed by atoms with Crippen molar-refractivity contribution in [3.8, 4) is 0 Å². The quantitative estimate of drug-likeness (QED) is 0.0255. The van der Waals surface area contributed by atoms with Crippen LogP contribution in [0.25, 0.3) is 11.2 Å². The number of likely N-dealkylation sites (tertiary alicyclic amines) is 2. The first-order valence-electron chi connectivity index (χ1n) is 22.0. The number of ether oxygens (including phenoxy) is 1. The minimum atomic E-state index is -1.35. The van der Waals surface area contributed by atoms with Crippen molar-refractivity contribution in [2.75, 3.05) is 58.1 Å². The lowest BCUT2D eigenvalue weighted by molar-refractivity contribution is -0.142. The summed E-state index contributed by atoms with van der Waals surface area (Å²) >= 11 is 0. The Morgan fingerprint density at radius 1 is 0.906 bits per heavy atom. The van der Waals surface area contributed by atoms with Gasteiger partial charge in [-0.2, -0.15) is 0 Å². The molecule has 356 valence electrons. The maximum absolute atomic E-state index is 14.2. The number of hydrogen-bond donors (Lipinski definition) is 11. The third kappa shape index (κ3) is 12.9. The predicted octanol–water partition coefficient (Wildman–Crippen LogP) is -4.39. The minimum absolute atomic E-state index is 0.0998. The first-order chi connectivity index (χ1) is 30.6. The Morgan fingerprint density at radius 2 is 1.64 bits per heavy atom. The summed E-state index contributed by atoms with van der Waals surface area (Å²) in [5.74, 6) is -3.07. The lowest BCUT2D eigenvalue weighted by Crippen LogP contribution is -2.57. The molecule has 0 radical (unpaired) electrons. The summed E-state index contributed by atoms with van der Waals surface area (Å²) in [6, 6.07) is -4.44. The number of nitrogens with one attached hydrogen (secondary N) is 2. The van der Waals surface area contributed by atoms with Gasteiger partial charge in [0.1, 0.15) is 54.3 Å². The van der Waals surface area contributed by atoms with Crippen LogP contribution in [-0.4, -0.2) is 186 Å². The van der Waals surface area contributed by atoms with Crippen LogP contribution in [-0.2, 0) is 28.7 Å². The predicted molar refractivity (Wildman–Crippen MR) is 232 cm³/mol. The number of carbonyl (C=O) groups is 5. The van der Waals surface area contributed by atoms with Crippen LogP contribution >= 0.6 is 0 Å². The van der Waals surface area contributed by atoms with Crippen molar-refractivity contribution in [1.29, 1.82) is 0 Å². The maximum Gasteiger partial charge on any atom is 0.320 e. The standard InChI is InChI=1S/C39H66N16O9/c40-12-2-1-7-24(34(59)50-23(32(43)58)8-3-13-46-39(44)45)51-35(60)25-9-5-17-54(25)36(61)26-10-4-15-53(26)16-6-14-52(18-11-22(41)38(62)63)19-27-29(56)30(57)37(64-27)55-21-49-28-31(42)47-20-48-33(28)55/h20-27,29-30,37,56-57H,1-19,40-41H2,(H2,43,58)(H,50,59)(H,51,60)(H,62,63)(H2,42,47,48)(H4,44,45,46)/t22-,23-,24-,25-,26-,27+,29+,30+,37+/m0/s1. The average molecular weight is 903 g/mol. The number of aliphatic hydroxyl groups excluding tert-OH is 2. The highest BCUT2D eigenvalue weighted by Gasteiger charge is 2.45. The van der Waals surface area contributed by atoms with Gasteiger partial charge in [-0.15, -0.1) is 0 Å². The molecule has 3 saturated heterocycles. The van der Waals surface area contributed by atoms with E-state index in [1.165, 1.54) is 17.2 Å². The lowest BCUT2D eigenvalue weighted by Gasteiger charge is -2.32. The van der Waals surface area contributed by atoms with E-state index in [9.17, 15) is 39.3 Å². The van der Waals surface area contributed by atoms with Crippen LogP contribution in [0.5, 0.6) is 0 Å². The second-order valence-electron chi connectivity index (χ2n) is 16.7. The molecule has 2 aromatic heterocycles. The monoisotopic (exact) mass is 903 g/mol. The number of anilines is 1. The van der Waals surface area contributed by atoms with Gasteiger partial charge in [0, 0.05) is 32.7 Å². The minimum Gasteiger partial charge on any atom is -0.480 e. The Kier molecular flexibility index (Phi) is 18.3. The number of nitrogen functional groups attached to an aromatic ring is 1. The molecule has 0 spiro atoms. The van der Waals surface area contributed by atoms with Crippen molar-refractivity contribution in [3.63, 3.8) is 0 Å². The van der Waals surface area contributed by atoms with Crippen LogP contribution in [0.2, 0.25) is 0 Å². The van der Waals surface area contributed by atoms with Crippen molar-refractivity contribution in [2.24, 2.45) is 33.7 Å². The molecule has 0 aliphatic carbocycles. The van der Waals surface area contributed by atoms with Gasteiger partial charge in [0.25, 0.3) is 0 Å². The Labute approximate surface area is 370 Å². The number of nitrogens with zero attached hydrogens (tertiary/aromatic N) is 8. The van der Waals surface area contributed by atoms with E-state index < -0.39 is 78.4 Å². The highest BCUT2D eigenvalue weighted by Crippen LogP contribution is 2.33. The first-order valence-corrected chi connectivity index (χ1v) is 22.0. The zero-order valence-electron chi connectivity index (χ0n) is 36.1. The number of guanidine groups is 1. The van der Waals surface area contributed by atoms with Crippen molar-refractivity contribution < 1.29 is 44.0 Å². The molecule has 25 nitrogen and oxygen atoms in total. The molecule has 0 unspecified atom stereocenters. The number of imidazole rings is 1. The van der Waals surface area contributed by atoms with Crippen molar-refractivity contribution >= 4 is 52.5 Å². The summed E-state index contributed by atoms with van der Waals surface area (Å²) in [7, 11) is 0. The highest BCUT2D eigenvalue weighted by molar-refractivity contribution is 5.95. The SMILES string of the molecule is NCCCC[C@H](NC(=O)[C@@H]1CCCN1C(=O)[C@@H]1CCCN1CCCN(CC[C@H](N)C(=O)O)C[C@H]1O[C@@H](n2cnc3c(N)ncnc32)[C@H](O)[C@@H]1O)C(=O)N[C@@H](CCCN=C(N)N)C(N)=O. The molecule has 2 aromatic rings. The van der Waals surface area contributed by atoms with Crippen molar-refractivity contribution in [2.45, 2.75) is 125 Å². The van der Waals surface area contributed by atoms with Crippen LogP contribution in [0.4, 0.5) is 5.82 Å². The Morgan fingerprint density at radius 3 is 2.36 bits per heavy atom. The molecule has 3 aliphatic rings. The van der Waals surface area contributed by atoms with E-state index in [1.54, 1.807) is 4.90 Å². The molecule has 3 aliphatic heterocycles. The largest absolute Gasteiger partial charge is 0.480 e. The number of aliphatic hydroxyl groups is 2. The fourth-order valence-corrected chi connectivity index (χ4v) is 8.62. The molecule has 17 N–H and O–H groups in total. The van der Waals surface area contributed by atoms with E-state index in [4.69, 9.17) is 39.1 Å². The number of fused-ring (bicyclic) bond motifs is 1. The van der Waals surface area contributed by atoms with Gasteiger partial charge >= 0.3 is 5.97 Å². The molecule has 25 heteroatoms. The molecule has 64 heavy (non-hydrogen) atoms. The Hall–Kier alpha value is -5.31. The second-order valence-corrected chi connectivity index (χ2v) is 16.7. The number of unbranched alkanes of at least 4 members (excludes halogenated alkanes) is 1. The van der Waals surface area contributed by atoms with Gasteiger partial charge in [0.05, 0.1) is 12.4 Å². The zero-order valence-corrected chi connectivity index (χ0v) is 36.1. The molecular weight excluding hydrogens is 837 g/mol. The number of hydrogen-bond acceptors (Lipinski definition) is 17. The van der Waals surface area contributed by atoms with Gasteiger partial charge in [0.15, 0.2) is 23.7 Å². The zero-order chi connectivity index (χ0) is 46.5. The average Bonchev–Trinajstić information content (AvgIpc) is 4.08. The number of carboxylic acid groups (broad SMARTS) is 1. The van der Waals surface area contributed by atoms with Gasteiger partial charge < -0.3 is 74.9 Å². The first kappa shape index (κ1) is 49.7. The molecule has 5 rings (SSSR count). The van der Waals surface area contributed by atoms with Gasteiger partial charge in [0.2, 0.25) is 23.6 Å². The number of aliphatic carboxylic acids is 1. The van der Waals surface area contributed by atoms with Gasteiger partial charge in [-0.05, 0) is 90.3 Å². The van der Waals surface area contributed by atoms with Gasteiger partial charge in [-0.3, -0.25) is 38.4 Å². The number of aliphatic imine (C=N–C) groups is 1. The van der Waals surface area contributed by atoms with E-state index in [-0.39, 0.29) is 56.6 Å². The highest BCUT2D eigenvalue weighted by atomic mass is 16.6. The van der Waals surface area contributed by atoms with Crippen LogP contribution in [0.1, 0.15) is 76.9 Å². The number of carboxylic acids is 1. The third-order valence-electron chi connectivity index (χ3n) is 12.1. The molecular formula is C39H66N16O9. The van der Waals surface area contributed by atoms with Crippen LogP contribution in [0.15, 0.2) is 17.6 Å². The fraction of sp³-hybridized carbons (Fsp3) is 0.718. The number of rotatable bonds is 25. The number of amides is 4. The lowest BCUT2D eigenvalue weighted by atomic mass is 10.1. The second kappa shape index (κ2) is 23.6. The summed E-state index contributed by atoms with van der Waals surface area (Å²) in [4.78, 5) is 87.3. The molecule has 4 amide bonds. The summed E-state index contributed by atoms with van der Waals surface area (Å²) < 4.78 is 7.65. The van der Waals surface area contributed by atoms with Gasteiger partial charge in [-0.25, -0.2) is 15.0 Å². The molecule has 9 atom stereocenters. The van der Waals surface area contributed by atoms with E-state index in [2.05, 4.69) is 35.5 Å². The molecule has 0 aromatic carbocycles. The number of primary amides is 1. The van der Waals surface area contributed by atoms with Crippen LogP contribution in [0, 0.1) is 0 Å². The van der Waals surface area contributed by atoms with Crippen LogP contribution < -0.4 is 45.0 Å². The van der Waals surface area contributed by atoms with Crippen molar-refractivity contribution in [1.82, 2.24) is 44.9 Å². The number of aromatic nitrogens is 4. The molecule has 3 fully saturated rings. The normalized spacial score (nSPS) is 23.9. The van der Waals surface area contributed by atoms with Gasteiger partial charge in [-0.1, -0.05) is 0 Å². The Balaban J connectivity index is 1.19. The third-order valence-corrected chi connectivity index (χ3v) is 12.1. The van der Waals surface area contributed by atoms with Crippen LogP contribution in [0.3, 0.4) is 0 Å². The van der Waals surface area contributed by atoms with E-state index in [0.717, 1.165) is 6.42 Å². The molecule has 0 saturated carbocycles. The summed E-state index contributed by atoms with van der Waals surface area (Å²) in [6.45, 7) is 2.94. The Bertz CT molecular complexity index is 1930. The topological polar surface area (TPSA) is 401 Å². The fourth-order valence-electron chi connectivity index (χ4n) is 8.62. The maximum atomic E-state index is 14.2. The van der Waals surface area contributed by atoms with E-state index in [0.29, 0.717) is 88.8 Å². The van der Waals surface area contributed by atoms with E-state index >= 15 is 0 Å².